The first kappa shape index (κ1) is 22.9. The zero-order valence-corrected chi connectivity index (χ0v) is 17.4. The van der Waals surface area contributed by atoms with Crippen molar-refractivity contribution in [1.29, 1.82) is 0 Å². The van der Waals surface area contributed by atoms with Gasteiger partial charge in [0.1, 0.15) is 11.8 Å². The summed E-state index contributed by atoms with van der Waals surface area (Å²) in [5.74, 6) is -0.196. The largest absolute Gasteiger partial charge is 0.497 e. The van der Waals surface area contributed by atoms with Crippen LogP contribution in [-0.4, -0.2) is 38.0 Å². The van der Waals surface area contributed by atoms with Crippen LogP contribution in [0.2, 0.25) is 0 Å². The fourth-order valence-corrected chi connectivity index (χ4v) is 2.93. The normalized spacial score (nSPS) is 11.3. The van der Waals surface area contributed by atoms with E-state index in [4.69, 9.17) is 9.47 Å². The standard InChI is InChI=1S/C23H28N2O5/c1-29-19-11-6-10-18(14-19)16-24-21(26)12-7-13-22(27)25-20(23(28)30-2)15-17-8-4-3-5-9-17/h3-6,8-11,14,20H,7,12-13,15-16H2,1-2H3,(H,24,26)(H,25,27)/t20-/m1/s1. The number of esters is 1. The second-order valence-corrected chi connectivity index (χ2v) is 6.81. The van der Waals surface area contributed by atoms with Crippen molar-refractivity contribution < 1.29 is 23.9 Å². The molecule has 0 heterocycles. The highest BCUT2D eigenvalue weighted by molar-refractivity contribution is 5.85. The van der Waals surface area contributed by atoms with Crippen LogP contribution in [-0.2, 0) is 32.1 Å². The lowest BCUT2D eigenvalue weighted by atomic mass is 10.1. The van der Waals surface area contributed by atoms with Gasteiger partial charge in [-0.15, -0.1) is 0 Å². The SMILES string of the molecule is COC(=O)[C@@H](Cc1ccccc1)NC(=O)CCCC(=O)NCc1cccc(OC)c1. The van der Waals surface area contributed by atoms with Crippen LogP contribution in [0.25, 0.3) is 0 Å². The Balaban J connectivity index is 1.73. The second-order valence-electron chi connectivity index (χ2n) is 6.81. The molecule has 0 aromatic heterocycles. The predicted octanol–water partition coefficient (Wildman–Crippen LogP) is 2.38. The summed E-state index contributed by atoms with van der Waals surface area (Å²) in [6.07, 6.45) is 1.10. The third-order valence-corrected chi connectivity index (χ3v) is 4.54. The predicted molar refractivity (Wildman–Crippen MR) is 113 cm³/mol. The zero-order valence-electron chi connectivity index (χ0n) is 17.4. The monoisotopic (exact) mass is 412 g/mol. The summed E-state index contributed by atoms with van der Waals surface area (Å²) in [7, 11) is 2.88. The molecular weight excluding hydrogens is 384 g/mol. The summed E-state index contributed by atoms with van der Waals surface area (Å²) in [5, 5.41) is 5.53. The van der Waals surface area contributed by atoms with Gasteiger partial charge in [-0.2, -0.15) is 0 Å². The quantitative estimate of drug-likeness (QED) is 0.553. The van der Waals surface area contributed by atoms with Crippen molar-refractivity contribution in [2.45, 2.75) is 38.3 Å². The highest BCUT2D eigenvalue weighted by Gasteiger charge is 2.21. The molecule has 1 atom stereocenters. The maximum atomic E-state index is 12.2. The van der Waals surface area contributed by atoms with E-state index >= 15 is 0 Å². The van der Waals surface area contributed by atoms with Crippen LogP contribution in [0.15, 0.2) is 54.6 Å². The summed E-state index contributed by atoms with van der Waals surface area (Å²) < 4.78 is 9.95. The van der Waals surface area contributed by atoms with Gasteiger partial charge < -0.3 is 20.1 Å². The molecule has 2 aromatic carbocycles. The average Bonchev–Trinajstić information content (AvgIpc) is 2.77. The molecule has 2 rings (SSSR count). The number of carbonyl (C=O) groups excluding carboxylic acids is 3. The highest BCUT2D eigenvalue weighted by Crippen LogP contribution is 2.12. The second kappa shape index (κ2) is 12.3. The molecular formula is C23H28N2O5. The van der Waals surface area contributed by atoms with Gasteiger partial charge in [-0.1, -0.05) is 42.5 Å². The zero-order chi connectivity index (χ0) is 21.8. The Hall–Kier alpha value is -3.35. The van der Waals surface area contributed by atoms with E-state index < -0.39 is 12.0 Å². The number of methoxy groups -OCH3 is 2. The van der Waals surface area contributed by atoms with Crippen molar-refractivity contribution in [1.82, 2.24) is 10.6 Å². The van der Waals surface area contributed by atoms with Gasteiger partial charge in [0, 0.05) is 25.8 Å². The molecule has 0 unspecified atom stereocenters. The fourth-order valence-electron chi connectivity index (χ4n) is 2.93. The molecule has 7 heteroatoms. The summed E-state index contributed by atoms with van der Waals surface area (Å²) in [4.78, 5) is 36.2. The number of carbonyl (C=O) groups is 3. The smallest absolute Gasteiger partial charge is 0.328 e. The molecule has 0 radical (unpaired) electrons. The van der Waals surface area contributed by atoms with Gasteiger partial charge in [-0.25, -0.2) is 4.79 Å². The molecule has 0 bridgehead atoms. The van der Waals surface area contributed by atoms with Gasteiger partial charge in [0.2, 0.25) is 11.8 Å². The number of benzene rings is 2. The Labute approximate surface area is 176 Å². The maximum Gasteiger partial charge on any atom is 0.328 e. The third kappa shape index (κ3) is 7.95. The minimum atomic E-state index is -0.758. The maximum absolute atomic E-state index is 12.2. The topological polar surface area (TPSA) is 93.7 Å². The van der Waals surface area contributed by atoms with Gasteiger partial charge in [0.15, 0.2) is 0 Å². The number of hydrogen-bond donors (Lipinski definition) is 2. The van der Waals surface area contributed by atoms with Gasteiger partial charge in [-0.05, 0) is 29.7 Å². The van der Waals surface area contributed by atoms with E-state index in [0.717, 1.165) is 16.9 Å². The lowest BCUT2D eigenvalue weighted by molar-refractivity contribution is -0.145. The van der Waals surface area contributed by atoms with E-state index in [-0.39, 0.29) is 24.7 Å². The van der Waals surface area contributed by atoms with Crippen LogP contribution >= 0.6 is 0 Å². The van der Waals surface area contributed by atoms with Gasteiger partial charge in [-0.3, -0.25) is 9.59 Å². The molecule has 30 heavy (non-hydrogen) atoms. The molecule has 160 valence electrons. The van der Waals surface area contributed by atoms with Crippen molar-refractivity contribution in [2.24, 2.45) is 0 Å². The lowest BCUT2D eigenvalue weighted by Gasteiger charge is -2.16. The average molecular weight is 412 g/mol. The van der Waals surface area contributed by atoms with Crippen molar-refractivity contribution in [2.75, 3.05) is 14.2 Å². The Kier molecular flexibility index (Phi) is 9.37. The first-order valence-corrected chi connectivity index (χ1v) is 9.82. The molecule has 7 nitrogen and oxygen atoms in total. The van der Waals surface area contributed by atoms with Gasteiger partial charge in [0.25, 0.3) is 0 Å². The summed E-state index contributed by atoms with van der Waals surface area (Å²) in [6, 6.07) is 16.1. The molecule has 0 saturated heterocycles. The van der Waals surface area contributed by atoms with Gasteiger partial charge in [0.05, 0.1) is 14.2 Å². The molecule has 2 N–H and O–H groups in total. The third-order valence-electron chi connectivity index (χ3n) is 4.54. The van der Waals surface area contributed by atoms with Gasteiger partial charge >= 0.3 is 5.97 Å². The van der Waals surface area contributed by atoms with Crippen LogP contribution in [0.1, 0.15) is 30.4 Å². The van der Waals surface area contributed by atoms with E-state index in [2.05, 4.69) is 10.6 Å². The Morgan fingerprint density at radius 2 is 1.60 bits per heavy atom. The van der Waals surface area contributed by atoms with Crippen LogP contribution < -0.4 is 15.4 Å². The van der Waals surface area contributed by atoms with E-state index in [1.807, 2.05) is 54.6 Å². The highest BCUT2D eigenvalue weighted by atomic mass is 16.5. The van der Waals surface area contributed by atoms with Crippen molar-refractivity contribution in [3.63, 3.8) is 0 Å². The fraction of sp³-hybridized carbons (Fsp3) is 0.348. The summed E-state index contributed by atoms with van der Waals surface area (Å²) in [5.41, 5.74) is 1.85. The van der Waals surface area contributed by atoms with Crippen LogP contribution in [0.5, 0.6) is 5.75 Å². The molecule has 0 saturated carbocycles. The van der Waals surface area contributed by atoms with Crippen LogP contribution in [0, 0.1) is 0 Å². The lowest BCUT2D eigenvalue weighted by Crippen LogP contribution is -2.43. The Morgan fingerprint density at radius 1 is 0.900 bits per heavy atom. The van der Waals surface area contributed by atoms with E-state index in [0.29, 0.717) is 19.4 Å². The Bertz CT molecular complexity index is 838. The number of ether oxygens (including phenoxy) is 2. The Morgan fingerprint density at radius 3 is 2.30 bits per heavy atom. The summed E-state index contributed by atoms with van der Waals surface area (Å²) in [6.45, 7) is 0.393. The van der Waals surface area contributed by atoms with E-state index in [9.17, 15) is 14.4 Å². The molecule has 0 aliphatic rings. The van der Waals surface area contributed by atoms with Crippen molar-refractivity contribution >= 4 is 17.8 Å². The first-order valence-electron chi connectivity index (χ1n) is 9.82. The van der Waals surface area contributed by atoms with Crippen molar-refractivity contribution in [3.8, 4) is 5.75 Å². The van der Waals surface area contributed by atoms with E-state index in [1.165, 1.54) is 7.11 Å². The van der Waals surface area contributed by atoms with Crippen LogP contribution in [0.4, 0.5) is 0 Å². The molecule has 2 amide bonds. The molecule has 0 fully saturated rings. The molecule has 2 aromatic rings. The number of amides is 2. The number of rotatable bonds is 11. The first-order chi connectivity index (χ1) is 14.5. The number of hydrogen-bond acceptors (Lipinski definition) is 5. The minimum absolute atomic E-state index is 0.139. The van der Waals surface area contributed by atoms with Crippen LogP contribution in [0.3, 0.4) is 0 Å². The molecule has 0 aliphatic heterocycles. The van der Waals surface area contributed by atoms with Crippen molar-refractivity contribution in [3.05, 3.63) is 65.7 Å². The molecule has 0 spiro atoms. The summed E-state index contributed by atoms with van der Waals surface area (Å²) >= 11 is 0. The number of nitrogens with one attached hydrogen (secondary N) is 2. The molecule has 0 aliphatic carbocycles. The minimum Gasteiger partial charge on any atom is -0.497 e. The van der Waals surface area contributed by atoms with E-state index in [1.54, 1.807) is 7.11 Å².